The lowest BCUT2D eigenvalue weighted by atomic mass is 10.1. The lowest BCUT2D eigenvalue weighted by molar-refractivity contribution is -0.130. The number of fused-ring (bicyclic) bond motifs is 1. The molecule has 1 aliphatic heterocycles. The lowest BCUT2D eigenvalue weighted by Crippen LogP contribution is -2.49. The molecule has 2 aromatic carbocycles. The number of carbonyl (C=O) groups is 1. The fourth-order valence-electron chi connectivity index (χ4n) is 3.69. The van der Waals surface area contributed by atoms with E-state index in [-0.39, 0.29) is 5.91 Å². The Bertz CT molecular complexity index is 1010. The molecule has 0 N–H and O–H groups in total. The third-order valence-corrected chi connectivity index (χ3v) is 6.41. The summed E-state index contributed by atoms with van der Waals surface area (Å²) in [5.74, 6) is 1.04. The van der Waals surface area contributed by atoms with Crippen LogP contribution in [-0.2, 0) is 11.2 Å². The van der Waals surface area contributed by atoms with Crippen LogP contribution in [-0.4, -0.2) is 49.1 Å². The first kappa shape index (κ1) is 18.7. The zero-order valence-electron chi connectivity index (χ0n) is 16.6. The number of nitrogens with zero attached hydrogens (tertiary/aromatic N) is 3. The summed E-state index contributed by atoms with van der Waals surface area (Å²) in [6.45, 7) is 7.23. The fourth-order valence-corrected chi connectivity index (χ4v) is 4.79. The molecule has 1 saturated heterocycles. The highest BCUT2D eigenvalue weighted by Crippen LogP contribution is 2.31. The molecule has 28 heavy (non-hydrogen) atoms. The molecule has 1 aromatic heterocycles. The van der Waals surface area contributed by atoms with Crippen molar-refractivity contribution in [3.8, 4) is 5.75 Å². The SMILES string of the molecule is COc1ccc(CC(=O)N2CCN(c3nc4c(C)cccc4s3)CC2)cc1C. The second-order valence-corrected chi connectivity index (χ2v) is 8.28. The average Bonchev–Trinajstić information content (AvgIpc) is 3.14. The van der Waals surface area contributed by atoms with Crippen molar-refractivity contribution in [1.29, 1.82) is 0 Å². The number of benzene rings is 2. The largest absolute Gasteiger partial charge is 0.496 e. The van der Waals surface area contributed by atoms with Gasteiger partial charge in [0.25, 0.3) is 0 Å². The molecular weight excluding hydrogens is 370 g/mol. The Hall–Kier alpha value is -2.60. The van der Waals surface area contributed by atoms with E-state index in [2.05, 4.69) is 30.0 Å². The van der Waals surface area contributed by atoms with Crippen molar-refractivity contribution in [2.75, 3.05) is 38.2 Å². The van der Waals surface area contributed by atoms with Crippen LogP contribution in [0.4, 0.5) is 5.13 Å². The molecule has 0 unspecified atom stereocenters. The van der Waals surface area contributed by atoms with Gasteiger partial charge < -0.3 is 14.5 Å². The first-order valence-electron chi connectivity index (χ1n) is 9.57. The summed E-state index contributed by atoms with van der Waals surface area (Å²) in [6.07, 6.45) is 0.436. The van der Waals surface area contributed by atoms with Gasteiger partial charge >= 0.3 is 0 Å². The maximum absolute atomic E-state index is 12.7. The molecule has 3 aromatic rings. The molecular formula is C22H25N3O2S. The minimum Gasteiger partial charge on any atom is -0.496 e. The maximum Gasteiger partial charge on any atom is 0.227 e. The van der Waals surface area contributed by atoms with E-state index >= 15 is 0 Å². The second-order valence-electron chi connectivity index (χ2n) is 7.27. The fraction of sp³-hybridized carbons (Fsp3) is 0.364. The number of hydrogen-bond acceptors (Lipinski definition) is 5. The topological polar surface area (TPSA) is 45.7 Å². The van der Waals surface area contributed by atoms with Crippen LogP contribution in [0.15, 0.2) is 36.4 Å². The van der Waals surface area contributed by atoms with E-state index < -0.39 is 0 Å². The van der Waals surface area contributed by atoms with Gasteiger partial charge in [-0.3, -0.25) is 4.79 Å². The molecule has 0 bridgehead atoms. The summed E-state index contributed by atoms with van der Waals surface area (Å²) in [5, 5.41) is 1.06. The molecule has 1 fully saturated rings. The van der Waals surface area contributed by atoms with Gasteiger partial charge in [0, 0.05) is 26.2 Å². The van der Waals surface area contributed by atoms with Crippen molar-refractivity contribution in [3.05, 3.63) is 53.1 Å². The summed E-state index contributed by atoms with van der Waals surface area (Å²) >= 11 is 1.73. The van der Waals surface area contributed by atoms with Crippen LogP contribution in [0.25, 0.3) is 10.2 Å². The molecule has 1 amide bonds. The van der Waals surface area contributed by atoms with Gasteiger partial charge in [-0.2, -0.15) is 0 Å². The van der Waals surface area contributed by atoms with Crippen molar-refractivity contribution in [2.45, 2.75) is 20.3 Å². The van der Waals surface area contributed by atoms with Crippen LogP contribution in [0.2, 0.25) is 0 Å². The zero-order chi connectivity index (χ0) is 19.7. The number of methoxy groups -OCH3 is 1. The number of anilines is 1. The van der Waals surface area contributed by atoms with Crippen LogP contribution >= 0.6 is 11.3 Å². The molecule has 2 heterocycles. The molecule has 146 valence electrons. The number of carbonyl (C=O) groups excluding carboxylic acids is 1. The smallest absolute Gasteiger partial charge is 0.227 e. The summed E-state index contributed by atoms with van der Waals surface area (Å²) < 4.78 is 6.52. The minimum absolute atomic E-state index is 0.185. The zero-order valence-corrected chi connectivity index (χ0v) is 17.4. The highest BCUT2D eigenvalue weighted by Gasteiger charge is 2.23. The molecule has 0 radical (unpaired) electrons. The van der Waals surface area contributed by atoms with Gasteiger partial charge in [0.2, 0.25) is 5.91 Å². The molecule has 5 nitrogen and oxygen atoms in total. The number of hydrogen-bond donors (Lipinski definition) is 0. The molecule has 0 aliphatic carbocycles. The minimum atomic E-state index is 0.185. The van der Waals surface area contributed by atoms with Crippen molar-refractivity contribution < 1.29 is 9.53 Å². The van der Waals surface area contributed by atoms with E-state index in [9.17, 15) is 4.79 Å². The third kappa shape index (κ3) is 3.69. The first-order valence-corrected chi connectivity index (χ1v) is 10.4. The van der Waals surface area contributed by atoms with E-state index in [0.29, 0.717) is 6.42 Å². The highest BCUT2D eigenvalue weighted by atomic mass is 32.1. The predicted molar refractivity (Wildman–Crippen MR) is 115 cm³/mol. The van der Waals surface area contributed by atoms with E-state index in [1.165, 1.54) is 10.3 Å². The monoisotopic (exact) mass is 395 g/mol. The number of aryl methyl sites for hydroxylation is 2. The quantitative estimate of drug-likeness (QED) is 0.674. The van der Waals surface area contributed by atoms with Gasteiger partial charge in [-0.1, -0.05) is 35.6 Å². The van der Waals surface area contributed by atoms with Crippen molar-refractivity contribution >= 4 is 32.6 Å². The van der Waals surface area contributed by atoms with E-state index in [1.807, 2.05) is 30.0 Å². The normalized spacial score (nSPS) is 14.5. The summed E-state index contributed by atoms with van der Waals surface area (Å²) in [6, 6.07) is 12.3. The summed E-state index contributed by atoms with van der Waals surface area (Å²) in [4.78, 5) is 21.8. The van der Waals surface area contributed by atoms with Gasteiger partial charge in [-0.05, 0) is 42.7 Å². The number of amides is 1. The molecule has 6 heteroatoms. The molecule has 1 aliphatic rings. The van der Waals surface area contributed by atoms with Gasteiger partial charge in [0.15, 0.2) is 5.13 Å². The third-order valence-electron chi connectivity index (χ3n) is 5.33. The van der Waals surface area contributed by atoms with E-state index in [4.69, 9.17) is 9.72 Å². The standard InChI is InChI=1S/C22H25N3O2S/c1-15-5-4-6-19-21(15)23-22(28-19)25-11-9-24(10-12-25)20(26)14-17-7-8-18(27-3)16(2)13-17/h4-8,13H,9-12,14H2,1-3H3. The Balaban J connectivity index is 1.38. The Morgan fingerprint density at radius 3 is 2.57 bits per heavy atom. The van der Waals surface area contributed by atoms with Crippen LogP contribution in [0.1, 0.15) is 16.7 Å². The molecule has 0 spiro atoms. The number of para-hydroxylation sites is 1. The number of rotatable bonds is 4. The summed E-state index contributed by atoms with van der Waals surface area (Å²) in [7, 11) is 1.67. The lowest BCUT2D eigenvalue weighted by Gasteiger charge is -2.34. The number of thiazole rings is 1. The second kappa shape index (κ2) is 7.80. The number of ether oxygens (including phenoxy) is 1. The summed E-state index contributed by atoms with van der Waals surface area (Å²) in [5.41, 5.74) is 4.40. The van der Waals surface area contributed by atoms with Crippen molar-refractivity contribution in [3.63, 3.8) is 0 Å². The Morgan fingerprint density at radius 1 is 1.11 bits per heavy atom. The van der Waals surface area contributed by atoms with Gasteiger partial charge in [0.05, 0.1) is 23.7 Å². The van der Waals surface area contributed by atoms with Crippen LogP contribution < -0.4 is 9.64 Å². The highest BCUT2D eigenvalue weighted by molar-refractivity contribution is 7.22. The van der Waals surface area contributed by atoms with Crippen molar-refractivity contribution in [1.82, 2.24) is 9.88 Å². The molecule has 0 saturated carbocycles. The first-order chi connectivity index (χ1) is 13.5. The van der Waals surface area contributed by atoms with Gasteiger partial charge in [-0.15, -0.1) is 0 Å². The Kier molecular flexibility index (Phi) is 5.22. The molecule has 0 atom stereocenters. The molecule has 4 rings (SSSR count). The van der Waals surface area contributed by atoms with E-state index in [0.717, 1.165) is 53.7 Å². The number of piperazine rings is 1. The van der Waals surface area contributed by atoms with Gasteiger partial charge in [-0.25, -0.2) is 4.98 Å². The van der Waals surface area contributed by atoms with E-state index in [1.54, 1.807) is 18.4 Å². The average molecular weight is 396 g/mol. The van der Waals surface area contributed by atoms with Crippen LogP contribution in [0, 0.1) is 13.8 Å². The van der Waals surface area contributed by atoms with Crippen LogP contribution in [0.5, 0.6) is 5.75 Å². The maximum atomic E-state index is 12.7. The predicted octanol–water partition coefficient (Wildman–Crippen LogP) is 3.81. The van der Waals surface area contributed by atoms with Crippen LogP contribution in [0.3, 0.4) is 0 Å². The Labute approximate surface area is 169 Å². The number of aromatic nitrogens is 1. The Morgan fingerprint density at radius 2 is 1.89 bits per heavy atom. The van der Waals surface area contributed by atoms with Gasteiger partial charge in [0.1, 0.15) is 5.75 Å². The van der Waals surface area contributed by atoms with Crippen molar-refractivity contribution in [2.24, 2.45) is 0 Å².